The third-order valence-corrected chi connectivity index (χ3v) is 5.89. The summed E-state index contributed by atoms with van der Waals surface area (Å²) in [5.41, 5.74) is 0. The minimum Gasteiger partial charge on any atom is -0.313 e. The lowest BCUT2D eigenvalue weighted by Crippen LogP contribution is -2.55. The van der Waals surface area contributed by atoms with E-state index in [0.29, 0.717) is 18.5 Å². The van der Waals surface area contributed by atoms with Crippen LogP contribution in [-0.4, -0.2) is 43.9 Å². The molecule has 1 heterocycles. The monoisotopic (exact) mass is 319 g/mol. The van der Waals surface area contributed by atoms with Gasteiger partial charge in [-0.3, -0.25) is 0 Å². The first-order chi connectivity index (χ1) is 9.77. The van der Waals surface area contributed by atoms with E-state index in [9.17, 15) is 8.42 Å². The second kappa shape index (κ2) is 8.46. The third-order valence-electron chi connectivity index (χ3n) is 4.19. The molecule has 2 unspecified atom stereocenters. The summed E-state index contributed by atoms with van der Waals surface area (Å²) in [4.78, 5) is 0. The number of nitrogens with zero attached hydrogens (tertiary/aromatic N) is 1. The highest BCUT2D eigenvalue weighted by Crippen LogP contribution is 2.20. The number of nitrogens with one attached hydrogen (secondary N) is 2. The van der Waals surface area contributed by atoms with Crippen molar-refractivity contribution in [2.75, 3.05) is 13.1 Å². The molecule has 1 saturated heterocycles. The molecular formula is C15H33N3O2S. The molecule has 1 fully saturated rings. The number of piperidine rings is 1. The Hall–Kier alpha value is -0.170. The fraction of sp³-hybridized carbons (Fsp3) is 1.00. The van der Waals surface area contributed by atoms with Crippen molar-refractivity contribution in [3.63, 3.8) is 0 Å². The number of hydrogen-bond donors (Lipinski definition) is 2. The van der Waals surface area contributed by atoms with Crippen LogP contribution in [-0.2, 0) is 10.2 Å². The first-order valence-corrected chi connectivity index (χ1v) is 9.74. The SMILES string of the molecule is CCC(NS(=O)(=O)N1CCCCC1CNC(C)C)C(C)C. The van der Waals surface area contributed by atoms with Crippen molar-refractivity contribution in [3.05, 3.63) is 0 Å². The van der Waals surface area contributed by atoms with Crippen molar-refractivity contribution in [1.82, 2.24) is 14.3 Å². The van der Waals surface area contributed by atoms with Crippen LogP contribution in [0.1, 0.15) is 60.3 Å². The maximum Gasteiger partial charge on any atom is 0.280 e. The summed E-state index contributed by atoms with van der Waals surface area (Å²) in [6, 6.07) is 0.461. The van der Waals surface area contributed by atoms with E-state index >= 15 is 0 Å². The Bertz CT molecular complexity index is 396. The molecule has 126 valence electrons. The maximum absolute atomic E-state index is 12.7. The molecule has 0 aromatic rings. The Morgan fingerprint density at radius 2 is 1.86 bits per heavy atom. The van der Waals surface area contributed by atoms with E-state index in [1.165, 1.54) is 0 Å². The van der Waals surface area contributed by atoms with Gasteiger partial charge in [0.25, 0.3) is 10.2 Å². The molecule has 21 heavy (non-hydrogen) atoms. The van der Waals surface area contributed by atoms with Gasteiger partial charge < -0.3 is 5.32 Å². The lowest BCUT2D eigenvalue weighted by Gasteiger charge is -2.36. The quantitative estimate of drug-likeness (QED) is 0.720. The molecule has 0 radical (unpaired) electrons. The van der Waals surface area contributed by atoms with Crippen LogP contribution in [0.25, 0.3) is 0 Å². The van der Waals surface area contributed by atoms with Crippen molar-refractivity contribution < 1.29 is 8.42 Å². The van der Waals surface area contributed by atoms with Crippen LogP contribution in [0.5, 0.6) is 0 Å². The summed E-state index contributed by atoms with van der Waals surface area (Å²) >= 11 is 0. The van der Waals surface area contributed by atoms with Crippen molar-refractivity contribution >= 4 is 10.2 Å². The number of rotatable bonds is 8. The van der Waals surface area contributed by atoms with Gasteiger partial charge in [0.1, 0.15) is 0 Å². The molecule has 0 bridgehead atoms. The van der Waals surface area contributed by atoms with E-state index in [1.54, 1.807) is 4.31 Å². The average Bonchev–Trinajstić information content (AvgIpc) is 2.42. The molecular weight excluding hydrogens is 286 g/mol. The summed E-state index contributed by atoms with van der Waals surface area (Å²) < 4.78 is 30.0. The highest BCUT2D eigenvalue weighted by Gasteiger charge is 2.33. The van der Waals surface area contributed by atoms with E-state index in [0.717, 1.165) is 32.2 Å². The Labute approximate surface area is 131 Å². The van der Waals surface area contributed by atoms with Crippen molar-refractivity contribution in [2.24, 2.45) is 5.92 Å². The highest BCUT2D eigenvalue weighted by atomic mass is 32.2. The molecule has 1 rings (SSSR count). The molecule has 1 aliphatic rings. The molecule has 5 nitrogen and oxygen atoms in total. The zero-order valence-electron chi connectivity index (χ0n) is 14.2. The molecule has 0 aliphatic carbocycles. The van der Waals surface area contributed by atoms with Crippen LogP contribution in [0.4, 0.5) is 0 Å². The van der Waals surface area contributed by atoms with E-state index in [4.69, 9.17) is 0 Å². The second-order valence-electron chi connectivity index (χ2n) is 6.70. The van der Waals surface area contributed by atoms with Gasteiger partial charge in [0, 0.05) is 31.2 Å². The largest absolute Gasteiger partial charge is 0.313 e. The van der Waals surface area contributed by atoms with Crippen molar-refractivity contribution in [1.29, 1.82) is 0 Å². The zero-order chi connectivity index (χ0) is 16.0. The first kappa shape index (κ1) is 18.9. The Morgan fingerprint density at radius 3 is 2.38 bits per heavy atom. The highest BCUT2D eigenvalue weighted by molar-refractivity contribution is 7.87. The third kappa shape index (κ3) is 5.85. The van der Waals surface area contributed by atoms with Gasteiger partial charge >= 0.3 is 0 Å². The van der Waals surface area contributed by atoms with E-state index in [2.05, 4.69) is 37.7 Å². The minimum absolute atomic E-state index is 0.00985. The van der Waals surface area contributed by atoms with Gasteiger partial charge in [-0.05, 0) is 25.2 Å². The maximum atomic E-state index is 12.7. The number of hydrogen-bond acceptors (Lipinski definition) is 3. The van der Waals surface area contributed by atoms with E-state index in [-0.39, 0.29) is 12.1 Å². The van der Waals surface area contributed by atoms with Gasteiger partial charge in [0.2, 0.25) is 0 Å². The van der Waals surface area contributed by atoms with Gasteiger partial charge in [0.05, 0.1) is 0 Å². The Balaban J connectivity index is 2.76. The van der Waals surface area contributed by atoms with Crippen LogP contribution >= 0.6 is 0 Å². The fourth-order valence-electron chi connectivity index (χ4n) is 2.82. The van der Waals surface area contributed by atoms with E-state index < -0.39 is 10.2 Å². The van der Waals surface area contributed by atoms with Gasteiger partial charge in [0.15, 0.2) is 0 Å². The van der Waals surface area contributed by atoms with Crippen molar-refractivity contribution in [3.8, 4) is 0 Å². The van der Waals surface area contributed by atoms with E-state index in [1.807, 2.05) is 6.92 Å². The molecule has 2 N–H and O–H groups in total. The molecule has 6 heteroatoms. The minimum atomic E-state index is -3.39. The zero-order valence-corrected chi connectivity index (χ0v) is 15.0. The average molecular weight is 320 g/mol. The standard InChI is InChI=1S/C15H33N3O2S/c1-6-15(12(2)3)17-21(19,20)18-10-8-7-9-14(18)11-16-13(4)5/h12-17H,6-11H2,1-5H3. The summed E-state index contributed by atoms with van der Waals surface area (Å²) in [5.74, 6) is 0.307. The molecule has 2 atom stereocenters. The smallest absolute Gasteiger partial charge is 0.280 e. The van der Waals surface area contributed by atoms with Gasteiger partial charge in [-0.25, -0.2) is 0 Å². The molecule has 1 aliphatic heterocycles. The van der Waals surface area contributed by atoms with Gasteiger partial charge in [-0.1, -0.05) is 41.0 Å². The molecule has 0 saturated carbocycles. The first-order valence-electron chi connectivity index (χ1n) is 8.30. The van der Waals surface area contributed by atoms with Gasteiger partial charge in [-0.2, -0.15) is 17.4 Å². The molecule has 0 aromatic carbocycles. The molecule has 0 aromatic heterocycles. The topological polar surface area (TPSA) is 61.4 Å². The van der Waals surface area contributed by atoms with Gasteiger partial charge in [-0.15, -0.1) is 0 Å². The summed E-state index contributed by atoms with van der Waals surface area (Å²) in [6.45, 7) is 11.7. The summed E-state index contributed by atoms with van der Waals surface area (Å²) in [5, 5.41) is 3.37. The summed E-state index contributed by atoms with van der Waals surface area (Å²) in [6.07, 6.45) is 3.83. The fourth-order valence-corrected chi connectivity index (χ4v) is 4.71. The Morgan fingerprint density at radius 1 is 1.19 bits per heavy atom. The lowest BCUT2D eigenvalue weighted by atomic mass is 10.0. The van der Waals surface area contributed by atoms with Crippen LogP contribution < -0.4 is 10.0 Å². The van der Waals surface area contributed by atoms with Crippen LogP contribution in [0, 0.1) is 5.92 Å². The normalized spacial score (nSPS) is 22.9. The molecule has 0 spiro atoms. The van der Waals surface area contributed by atoms with Crippen LogP contribution in [0.15, 0.2) is 0 Å². The van der Waals surface area contributed by atoms with Crippen LogP contribution in [0.2, 0.25) is 0 Å². The Kier molecular flexibility index (Phi) is 7.60. The predicted molar refractivity (Wildman–Crippen MR) is 88.5 cm³/mol. The summed E-state index contributed by atoms with van der Waals surface area (Å²) in [7, 11) is -3.39. The molecule has 0 amide bonds. The van der Waals surface area contributed by atoms with Crippen molar-refractivity contribution in [2.45, 2.75) is 78.4 Å². The second-order valence-corrected chi connectivity index (χ2v) is 8.36. The van der Waals surface area contributed by atoms with Crippen LogP contribution in [0.3, 0.4) is 0 Å². The lowest BCUT2D eigenvalue weighted by molar-refractivity contribution is 0.236. The predicted octanol–water partition coefficient (Wildman–Crippen LogP) is 2.11.